The molecule has 1 atom stereocenters. The molecule has 0 aromatic carbocycles. The molecule has 0 aromatic heterocycles. The van der Waals surface area contributed by atoms with Crippen LogP contribution in [0.25, 0.3) is 0 Å². The summed E-state index contributed by atoms with van der Waals surface area (Å²) in [6.45, 7) is 5.03. The van der Waals surface area contributed by atoms with Gasteiger partial charge < -0.3 is 9.47 Å². The van der Waals surface area contributed by atoms with Gasteiger partial charge in [-0.2, -0.15) is 0 Å². The Balaban J connectivity index is 2.30. The smallest absolute Gasteiger partial charge is 0.231 e. The summed E-state index contributed by atoms with van der Waals surface area (Å²) in [6.07, 6.45) is 8.97. The van der Waals surface area contributed by atoms with Gasteiger partial charge in [0, 0.05) is 12.2 Å². The van der Waals surface area contributed by atoms with Crippen molar-refractivity contribution in [2.45, 2.75) is 45.8 Å². The van der Waals surface area contributed by atoms with Crippen molar-refractivity contribution in [3.8, 4) is 12.3 Å². The molecule has 94 valence electrons. The first kappa shape index (κ1) is 14.0. The summed E-state index contributed by atoms with van der Waals surface area (Å²) < 4.78 is 11.0. The van der Waals surface area contributed by atoms with E-state index >= 15 is 0 Å². The Labute approximate surface area is 103 Å². The predicted octanol–water partition coefficient (Wildman–Crippen LogP) is 2.46. The minimum absolute atomic E-state index is 0.0693. The average Bonchev–Trinajstić information content (AvgIpc) is 2.38. The molecule has 1 unspecified atom stereocenters. The number of hydrogen-bond acceptors (Lipinski definition) is 3. The normalized spacial score (nSPS) is 21.6. The SMILES string of the molecule is C#CC(=O)/C(C)=C(/C)CCOC1CCCCO1. The highest BCUT2D eigenvalue weighted by Gasteiger charge is 2.14. The first-order valence-electron chi connectivity index (χ1n) is 6.05. The average molecular weight is 236 g/mol. The lowest BCUT2D eigenvalue weighted by Gasteiger charge is -2.22. The molecule has 1 aliphatic rings. The van der Waals surface area contributed by atoms with Gasteiger partial charge in [0.25, 0.3) is 0 Å². The molecule has 1 saturated heterocycles. The largest absolute Gasteiger partial charge is 0.353 e. The van der Waals surface area contributed by atoms with E-state index in [4.69, 9.17) is 15.9 Å². The van der Waals surface area contributed by atoms with E-state index in [-0.39, 0.29) is 12.1 Å². The zero-order valence-corrected chi connectivity index (χ0v) is 10.6. The van der Waals surface area contributed by atoms with E-state index in [1.54, 1.807) is 6.92 Å². The summed E-state index contributed by atoms with van der Waals surface area (Å²) in [7, 11) is 0. The van der Waals surface area contributed by atoms with Gasteiger partial charge in [-0.3, -0.25) is 4.79 Å². The summed E-state index contributed by atoms with van der Waals surface area (Å²) in [6, 6.07) is 0. The zero-order chi connectivity index (χ0) is 12.7. The summed E-state index contributed by atoms with van der Waals surface area (Å²) in [5, 5.41) is 0. The van der Waals surface area contributed by atoms with Crippen LogP contribution in [0.15, 0.2) is 11.1 Å². The molecule has 17 heavy (non-hydrogen) atoms. The molecule has 0 saturated carbocycles. The molecule has 0 radical (unpaired) electrons. The van der Waals surface area contributed by atoms with Crippen LogP contribution in [0.4, 0.5) is 0 Å². The molecule has 1 fully saturated rings. The fourth-order valence-corrected chi connectivity index (χ4v) is 1.68. The standard InChI is InChI=1S/C14H20O3/c1-4-13(15)12(3)11(2)8-10-17-14-7-5-6-9-16-14/h1,14H,5-10H2,2-3H3/b12-11-. The van der Waals surface area contributed by atoms with Gasteiger partial charge >= 0.3 is 0 Å². The molecule has 0 amide bonds. The third-order valence-electron chi connectivity index (χ3n) is 3.03. The first-order valence-corrected chi connectivity index (χ1v) is 6.05. The maximum Gasteiger partial charge on any atom is 0.231 e. The second kappa shape index (κ2) is 7.26. The summed E-state index contributed by atoms with van der Waals surface area (Å²) in [5.41, 5.74) is 1.64. The number of rotatable bonds is 5. The van der Waals surface area contributed by atoms with E-state index in [1.165, 1.54) is 0 Å². The highest BCUT2D eigenvalue weighted by atomic mass is 16.7. The van der Waals surface area contributed by atoms with Gasteiger partial charge in [0.1, 0.15) is 0 Å². The molecule has 0 aliphatic carbocycles. The van der Waals surface area contributed by atoms with Gasteiger partial charge in [-0.05, 0) is 45.5 Å². The fraction of sp³-hybridized carbons (Fsp3) is 0.643. The first-order chi connectivity index (χ1) is 8.15. The summed E-state index contributed by atoms with van der Waals surface area (Å²) in [4.78, 5) is 11.3. The second-order valence-electron chi connectivity index (χ2n) is 4.30. The van der Waals surface area contributed by atoms with E-state index in [9.17, 15) is 4.79 Å². The molecule has 1 heterocycles. The Morgan fingerprint density at radius 2 is 2.24 bits per heavy atom. The minimum atomic E-state index is -0.239. The van der Waals surface area contributed by atoms with Crippen molar-refractivity contribution < 1.29 is 14.3 Å². The number of hydrogen-bond donors (Lipinski definition) is 0. The number of ether oxygens (including phenoxy) is 2. The molecule has 0 spiro atoms. The Kier molecular flexibility index (Phi) is 5.96. The van der Waals surface area contributed by atoms with Gasteiger partial charge in [0.2, 0.25) is 5.78 Å². The third-order valence-corrected chi connectivity index (χ3v) is 3.03. The molecule has 0 bridgehead atoms. The van der Waals surface area contributed by atoms with Crippen LogP contribution in [0.2, 0.25) is 0 Å². The zero-order valence-electron chi connectivity index (χ0n) is 10.6. The minimum Gasteiger partial charge on any atom is -0.353 e. The van der Waals surface area contributed by atoms with Crippen molar-refractivity contribution in [3.05, 3.63) is 11.1 Å². The number of carbonyl (C=O) groups is 1. The molecule has 3 heteroatoms. The van der Waals surface area contributed by atoms with Crippen molar-refractivity contribution in [3.63, 3.8) is 0 Å². The lowest BCUT2D eigenvalue weighted by Crippen LogP contribution is -2.22. The van der Waals surface area contributed by atoms with Crippen LogP contribution >= 0.6 is 0 Å². The van der Waals surface area contributed by atoms with Gasteiger partial charge in [0.05, 0.1) is 6.61 Å². The van der Waals surface area contributed by atoms with Gasteiger partial charge in [-0.1, -0.05) is 5.57 Å². The molecule has 1 rings (SSSR count). The maximum absolute atomic E-state index is 11.3. The molecular formula is C14H20O3. The number of carbonyl (C=O) groups excluding carboxylic acids is 1. The number of ketones is 1. The van der Waals surface area contributed by atoms with Crippen molar-refractivity contribution in [1.82, 2.24) is 0 Å². The Bertz CT molecular complexity index is 330. The van der Waals surface area contributed by atoms with Crippen LogP contribution in [0.5, 0.6) is 0 Å². The maximum atomic E-state index is 11.3. The van der Waals surface area contributed by atoms with Crippen LogP contribution in [0, 0.1) is 12.3 Å². The van der Waals surface area contributed by atoms with Gasteiger partial charge in [-0.25, -0.2) is 0 Å². The van der Waals surface area contributed by atoms with E-state index in [2.05, 4.69) is 5.92 Å². The van der Waals surface area contributed by atoms with Crippen molar-refractivity contribution in [1.29, 1.82) is 0 Å². The fourth-order valence-electron chi connectivity index (χ4n) is 1.68. The quantitative estimate of drug-likeness (QED) is 0.418. The molecule has 3 nitrogen and oxygen atoms in total. The van der Waals surface area contributed by atoms with Crippen LogP contribution < -0.4 is 0 Å². The molecule has 1 aliphatic heterocycles. The number of terminal acetylenes is 1. The lowest BCUT2D eigenvalue weighted by molar-refractivity contribution is -0.161. The van der Waals surface area contributed by atoms with Crippen LogP contribution in [0.3, 0.4) is 0 Å². The summed E-state index contributed by atoms with van der Waals surface area (Å²) in [5.74, 6) is 1.88. The third kappa shape index (κ3) is 4.72. The summed E-state index contributed by atoms with van der Waals surface area (Å²) >= 11 is 0. The molecular weight excluding hydrogens is 216 g/mol. The van der Waals surface area contributed by atoms with E-state index in [0.29, 0.717) is 12.2 Å². The Hall–Kier alpha value is -1.11. The van der Waals surface area contributed by atoms with Crippen molar-refractivity contribution >= 4 is 5.78 Å². The monoisotopic (exact) mass is 236 g/mol. The van der Waals surface area contributed by atoms with E-state index in [1.807, 2.05) is 6.92 Å². The Morgan fingerprint density at radius 3 is 2.82 bits per heavy atom. The van der Waals surface area contributed by atoms with Crippen molar-refractivity contribution in [2.75, 3.05) is 13.2 Å². The number of Topliss-reactive ketones (excluding diaryl/α,β-unsaturated/α-hetero) is 1. The lowest BCUT2D eigenvalue weighted by atomic mass is 10.1. The van der Waals surface area contributed by atoms with Crippen LogP contribution in [-0.2, 0) is 14.3 Å². The van der Waals surface area contributed by atoms with Crippen LogP contribution in [0.1, 0.15) is 39.5 Å². The number of allylic oxidation sites excluding steroid dienone is 1. The Morgan fingerprint density at radius 1 is 1.47 bits per heavy atom. The molecule has 0 aromatic rings. The highest BCUT2D eigenvalue weighted by Crippen LogP contribution is 2.15. The van der Waals surface area contributed by atoms with Gasteiger partial charge in [0.15, 0.2) is 6.29 Å². The van der Waals surface area contributed by atoms with Gasteiger partial charge in [-0.15, -0.1) is 6.42 Å². The molecule has 0 N–H and O–H groups in total. The second-order valence-corrected chi connectivity index (χ2v) is 4.30. The van der Waals surface area contributed by atoms with Crippen LogP contribution in [-0.4, -0.2) is 25.3 Å². The topological polar surface area (TPSA) is 35.5 Å². The predicted molar refractivity (Wildman–Crippen MR) is 66.4 cm³/mol. The highest BCUT2D eigenvalue weighted by molar-refractivity contribution is 6.08. The van der Waals surface area contributed by atoms with E-state index in [0.717, 1.165) is 37.9 Å². The van der Waals surface area contributed by atoms with E-state index < -0.39 is 0 Å². The van der Waals surface area contributed by atoms with Crippen molar-refractivity contribution in [2.24, 2.45) is 0 Å².